The minimum atomic E-state index is -0.330. The Kier molecular flexibility index (Phi) is 11.3. The predicted molar refractivity (Wildman–Crippen MR) is 369 cm³/mol. The topological polar surface area (TPSA) is 19.6 Å². The van der Waals surface area contributed by atoms with E-state index in [0.717, 1.165) is 44.8 Å². The van der Waals surface area contributed by atoms with Crippen LogP contribution >= 0.6 is 11.3 Å². The van der Waals surface area contributed by atoms with Crippen LogP contribution in [0, 0.1) is 0 Å². The highest BCUT2D eigenvalue weighted by molar-refractivity contribution is 7.26. The average molecular weight is 1130 g/mol. The summed E-state index contributed by atoms with van der Waals surface area (Å²) in [6.07, 6.45) is 2.36. The van der Waals surface area contributed by atoms with Crippen molar-refractivity contribution in [1.82, 2.24) is 0 Å². The zero-order valence-corrected chi connectivity index (χ0v) is 52.6. The Morgan fingerprint density at radius 3 is 1.63 bits per heavy atom. The Labute approximate surface area is 512 Å². The second kappa shape index (κ2) is 18.3. The molecule has 2 aliphatic carbocycles. The minimum absolute atomic E-state index is 0.0289. The summed E-state index contributed by atoms with van der Waals surface area (Å²) >= 11 is 1.97. The fourth-order valence-corrected chi connectivity index (χ4v) is 16.7. The molecule has 3 nitrogen and oxygen atoms in total. The van der Waals surface area contributed by atoms with Crippen molar-refractivity contribution in [2.45, 2.75) is 123 Å². The maximum Gasteiger partial charge on any atom is 0.333 e. The quantitative estimate of drug-likeness (QED) is 0.160. The van der Waals surface area contributed by atoms with Crippen molar-refractivity contribution in [3.8, 4) is 56.0 Å². The summed E-state index contributed by atoms with van der Waals surface area (Å²) < 4.78 is 10.1. The number of fused-ring (bicyclic) bond motifs is 13. The van der Waals surface area contributed by atoms with E-state index in [9.17, 15) is 0 Å². The Bertz CT molecular complexity index is 4800. The van der Waals surface area contributed by atoms with Crippen LogP contribution in [-0.2, 0) is 27.1 Å². The molecule has 0 unspecified atom stereocenters. The lowest BCUT2D eigenvalue weighted by Crippen LogP contribution is -2.62. The molecule has 2 aromatic heterocycles. The first-order chi connectivity index (χ1) is 41.2. The second-order valence-electron chi connectivity index (χ2n) is 29.1. The number of hydrogen-bond donors (Lipinski definition) is 0. The number of furan rings is 1. The Morgan fingerprint density at radius 2 is 0.988 bits per heavy atom. The molecule has 0 spiro atoms. The molecule has 4 heterocycles. The van der Waals surface area contributed by atoms with Gasteiger partial charge in [-0.2, -0.15) is 0 Å². The van der Waals surface area contributed by atoms with E-state index in [1.165, 1.54) is 128 Å². The van der Waals surface area contributed by atoms with Gasteiger partial charge in [0.2, 0.25) is 0 Å². The van der Waals surface area contributed by atoms with Gasteiger partial charge < -0.3 is 14.1 Å². The molecule has 0 saturated carbocycles. The first-order valence-corrected chi connectivity index (χ1v) is 32.0. The summed E-state index contributed by atoms with van der Waals surface area (Å²) in [6, 6.07) is 76.9. The molecule has 0 atom stereocenters. The van der Waals surface area contributed by atoms with Crippen molar-refractivity contribution < 1.29 is 4.42 Å². The van der Waals surface area contributed by atoms with Gasteiger partial charge in [-0.15, -0.1) is 11.3 Å². The predicted octanol–water partition coefficient (Wildman–Crippen LogP) is 21.8. The molecule has 0 saturated heterocycles. The van der Waals surface area contributed by atoms with Gasteiger partial charge in [0.05, 0.1) is 5.69 Å². The lowest BCUT2D eigenvalue weighted by Gasteiger charge is -2.47. The highest BCUT2D eigenvalue weighted by atomic mass is 32.1. The summed E-state index contributed by atoms with van der Waals surface area (Å²) in [5, 5.41) is 4.89. The van der Waals surface area contributed by atoms with Gasteiger partial charge in [0, 0.05) is 81.4 Å². The number of anilines is 5. The van der Waals surface area contributed by atoms with E-state index in [0.29, 0.717) is 0 Å². The van der Waals surface area contributed by atoms with Crippen molar-refractivity contribution >= 4 is 88.5 Å². The van der Waals surface area contributed by atoms with Crippen LogP contribution < -0.4 is 20.6 Å². The van der Waals surface area contributed by atoms with Crippen LogP contribution in [0.5, 0.6) is 0 Å². The fourth-order valence-electron chi connectivity index (χ4n) is 15.6. The van der Waals surface area contributed by atoms with Gasteiger partial charge in [0.1, 0.15) is 11.5 Å². The fraction of sp³-hybridized carbons (Fsp3) is 0.235. The van der Waals surface area contributed by atoms with Crippen LogP contribution in [0.2, 0.25) is 0 Å². The zero-order chi connectivity index (χ0) is 59.1. The van der Waals surface area contributed by atoms with Gasteiger partial charge in [-0.1, -0.05) is 223 Å². The summed E-state index contributed by atoms with van der Waals surface area (Å²) in [5.74, 6) is 1.75. The molecule has 5 heteroatoms. The van der Waals surface area contributed by atoms with Gasteiger partial charge in [0.25, 0.3) is 0 Å². The molecule has 16 rings (SSSR count). The van der Waals surface area contributed by atoms with Crippen LogP contribution in [0.4, 0.5) is 28.4 Å². The van der Waals surface area contributed by atoms with Crippen LogP contribution in [0.1, 0.15) is 129 Å². The largest absolute Gasteiger partial charge is 0.455 e. The molecule has 0 radical (unpaired) electrons. The van der Waals surface area contributed by atoms with Gasteiger partial charge in [-0.05, 0) is 162 Å². The molecule has 0 fully saturated rings. The first-order valence-electron chi connectivity index (χ1n) is 31.1. The van der Waals surface area contributed by atoms with Crippen molar-refractivity contribution in [3.63, 3.8) is 0 Å². The molecular weight excluding hydrogens is 1060 g/mol. The van der Waals surface area contributed by atoms with Crippen molar-refractivity contribution in [2.75, 3.05) is 9.71 Å². The lowest BCUT2D eigenvalue weighted by atomic mass is 9.42. The number of benzene rings is 10. The molecule has 0 N–H and O–H groups in total. The third kappa shape index (κ3) is 7.78. The van der Waals surface area contributed by atoms with E-state index in [1.54, 1.807) is 0 Å². The standard InChI is InChI=1S/C81H73BN2OS/c1-77(2,3)51-32-35-53(36-33-51)84-67-47-71-56(57-42-63-64(46-70(57)86-71)80(9,10)39-38-79(63,7)8)41-61(67)72-73-58(54-30-22-23-31-62(54)81(73,11)12)44-69-74(72)82(84)65-43-59-60(76(50-28-20-15-21-29-50)85-75(59)49-26-18-14-19-27-49)45-68(65)83(69)66-37-34-52(78(4,5)6)40-55(66)48-24-16-13-17-25-48/h13-37,40-47H,38-39H2,1-12H3. The Morgan fingerprint density at radius 1 is 0.430 bits per heavy atom. The smallest absolute Gasteiger partial charge is 0.333 e. The average Bonchev–Trinajstić information content (AvgIpc) is 1.25. The van der Waals surface area contributed by atoms with Crippen molar-refractivity contribution in [1.29, 1.82) is 0 Å². The van der Waals surface area contributed by atoms with Crippen LogP contribution in [0.15, 0.2) is 205 Å². The Balaban J connectivity index is 1.10. The Hall–Kier alpha value is -8.38. The first kappa shape index (κ1) is 53.1. The number of hydrogen-bond acceptors (Lipinski definition) is 4. The van der Waals surface area contributed by atoms with Crippen molar-refractivity contribution in [2.24, 2.45) is 0 Å². The molecular formula is C81H73BN2OS. The van der Waals surface area contributed by atoms with Crippen LogP contribution in [0.25, 0.3) is 87.0 Å². The monoisotopic (exact) mass is 1130 g/mol. The summed E-state index contributed by atoms with van der Waals surface area (Å²) in [6.45, 7) is 28.6. The molecule has 4 aliphatic rings. The summed E-state index contributed by atoms with van der Waals surface area (Å²) in [7, 11) is 0. The van der Waals surface area contributed by atoms with E-state index in [-0.39, 0.29) is 33.9 Å². The van der Waals surface area contributed by atoms with E-state index >= 15 is 0 Å². The molecule has 12 aromatic rings. The van der Waals surface area contributed by atoms with Gasteiger partial charge >= 0.3 is 6.85 Å². The maximum atomic E-state index is 7.38. The van der Waals surface area contributed by atoms with Gasteiger partial charge in [-0.25, -0.2) is 0 Å². The normalized spacial score (nSPS) is 16.0. The van der Waals surface area contributed by atoms with E-state index in [1.807, 2.05) is 11.3 Å². The van der Waals surface area contributed by atoms with Crippen molar-refractivity contribution in [3.05, 3.63) is 234 Å². The number of thiophene rings is 1. The molecule has 422 valence electrons. The highest BCUT2D eigenvalue weighted by Gasteiger charge is 2.51. The zero-order valence-electron chi connectivity index (χ0n) is 51.8. The van der Waals surface area contributed by atoms with Gasteiger partial charge in [0.15, 0.2) is 0 Å². The molecule has 10 aromatic carbocycles. The number of nitrogens with zero attached hydrogens (tertiary/aromatic N) is 2. The van der Waals surface area contributed by atoms with E-state index in [4.69, 9.17) is 4.42 Å². The van der Waals surface area contributed by atoms with Gasteiger partial charge in [-0.3, -0.25) is 0 Å². The van der Waals surface area contributed by atoms with Crippen LogP contribution in [-0.4, -0.2) is 6.85 Å². The van der Waals surface area contributed by atoms with E-state index in [2.05, 4.69) is 293 Å². The lowest BCUT2D eigenvalue weighted by molar-refractivity contribution is 0.332. The minimum Gasteiger partial charge on any atom is -0.455 e. The third-order valence-electron chi connectivity index (χ3n) is 20.4. The SMILES string of the molecule is CC(C)(C)c1ccc(N2B3c4cc5c(-c6ccccc6)oc(-c6ccccc6)c5cc4N(c4ccc(C(C)(C)C)cc4-c4ccccc4)c4cc5c(c(c43)-c3cc4c(cc32)sc2cc3c(cc24)C(C)(C)CCC3(C)C)C(C)(C)c2ccccc2-5)cc1. The number of rotatable bonds is 5. The molecule has 86 heavy (non-hydrogen) atoms. The maximum absolute atomic E-state index is 7.38. The van der Waals surface area contributed by atoms with E-state index < -0.39 is 0 Å². The summed E-state index contributed by atoms with van der Waals surface area (Å²) in [4.78, 5) is 5.43. The highest BCUT2D eigenvalue weighted by Crippen LogP contribution is 2.60. The second-order valence-corrected chi connectivity index (χ2v) is 30.2. The van der Waals surface area contributed by atoms with Crippen LogP contribution in [0.3, 0.4) is 0 Å². The molecule has 0 amide bonds. The molecule has 2 aliphatic heterocycles. The third-order valence-corrected chi connectivity index (χ3v) is 21.5. The summed E-state index contributed by atoms with van der Waals surface area (Å²) in [5.41, 5.74) is 26.3. The molecule has 0 bridgehead atoms.